The quantitative estimate of drug-likeness (QED) is 0.810. The fourth-order valence-electron chi connectivity index (χ4n) is 2.21. The van der Waals surface area contributed by atoms with Crippen molar-refractivity contribution >= 4 is 0 Å². The summed E-state index contributed by atoms with van der Waals surface area (Å²) in [6.07, 6.45) is 0.0636. The molecule has 0 aliphatic rings. The first-order valence-electron chi connectivity index (χ1n) is 6.80. The summed E-state index contributed by atoms with van der Waals surface area (Å²) in [5, 5.41) is 9.30. The van der Waals surface area contributed by atoms with Crippen molar-refractivity contribution in [3.05, 3.63) is 53.1 Å². The summed E-state index contributed by atoms with van der Waals surface area (Å²) in [5.74, 6) is 0.650. The Balaban J connectivity index is 2.50. The normalized spacial score (nSPS) is 10.4. The van der Waals surface area contributed by atoms with Gasteiger partial charge in [-0.3, -0.25) is 0 Å². The number of hydrogen-bond acceptors (Lipinski definition) is 2. The summed E-state index contributed by atoms with van der Waals surface area (Å²) in [4.78, 5) is 0. The maximum Gasteiger partial charge on any atom is 0.137 e. The Bertz CT molecular complexity index is 666. The van der Waals surface area contributed by atoms with Crippen LogP contribution in [0.2, 0.25) is 0 Å². The van der Waals surface area contributed by atoms with Crippen LogP contribution < -0.4 is 4.74 Å². The molecule has 0 N–H and O–H groups in total. The molecule has 2 rings (SSSR count). The van der Waals surface area contributed by atoms with Crippen molar-refractivity contribution in [1.29, 1.82) is 5.26 Å². The summed E-state index contributed by atoms with van der Waals surface area (Å²) in [6, 6.07) is 14.2. The molecule has 2 aromatic carbocycles. The average molecular weight is 265 g/mol. The van der Waals surface area contributed by atoms with Gasteiger partial charge >= 0.3 is 0 Å². The third-order valence-corrected chi connectivity index (χ3v) is 3.38. The Kier molecular flexibility index (Phi) is 4.10. The van der Waals surface area contributed by atoms with Gasteiger partial charge in [-0.2, -0.15) is 5.26 Å². The van der Waals surface area contributed by atoms with Gasteiger partial charge < -0.3 is 4.74 Å². The number of benzene rings is 2. The van der Waals surface area contributed by atoms with Crippen LogP contribution in [0.15, 0.2) is 36.4 Å². The number of nitriles is 1. The minimum Gasteiger partial charge on any atom is -0.490 e. The predicted molar refractivity (Wildman–Crippen MR) is 81.8 cm³/mol. The molecule has 0 atom stereocenters. The molecule has 0 aliphatic carbocycles. The second kappa shape index (κ2) is 5.79. The van der Waals surface area contributed by atoms with Gasteiger partial charge in [0, 0.05) is 0 Å². The Morgan fingerprint density at radius 3 is 2.50 bits per heavy atom. The SMILES string of the molecule is Cc1cccc(-c2ccc(OC(C)C)c(C#N)c2)c1C. The lowest BCUT2D eigenvalue weighted by atomic mass is 9.96. The van der Waals surface area contributed by atoms with E-state index in [9.17, 15) is 5.26 Å². The van der Waals surface area contributed by atoms with Gasteiger partial charge in [-0.25, -0.2) is 0 Å². The molecule has 2 nitrogen and oxygen atoms in total. The molecule has 102 valence electrons. The van der Waals surface area contributed by atoms with E-state index in [-0.39, 0.29) is 6.10 Å². The van der Waals surface area contributed by atoms with Gasteiger partial charge in [0.2, 0.25) is 0 Å². The van der Waals surface area contributed by atoms with Gasteiger partial charge in [0.05, 0.1) is 11.7 Å². The zero-order valence-corrected chi connectivity index (χ0v) is 12.4. The second-order valence-electron chi connectivity index (χ2n) is 5.24. The number of hydrogen-bond donors (Lipinski definition) is 0. The maximum atomic E-state index is 9.30. The van der Waals surface area contributed by atoms with E-state index >= 15 is 0 Å². The average Bonchev–Trinajstić information content (AvgIpc) is 2.42. The zero-order chi connectivity index (χ0) is 14.7. The van der Waals surface area contributed by atoms with E-state index in [1.54, 1.807) is 0 Å². The first-order chi connectivity index (χ1) is 9.52. The molecule has 0 aliphatic heterocycles. The van der Waals surface area contributed by atoms with E-state index in [0.29, 0.717) is 11.3 Å². The van der Waals surface area contributed by atoms with E-state index in [4.69, 9.17) is 4.74 Å². The van der Waals surface area contributed by atoms with Crippen LogP contribution in [-0.4, -0.2) is 6.10 Å². The fraction of sp³-hybridized carbons (Fsp3) is 0.278. The molecule has 0 radical (unpaired) electrons. The third kappa shape index (κ3) is 2.83. The largest absolute Gasteiger partial charge is 0.490 e. The van der Waals surface area contributed by atoms with E-state index in [1.165, 1.54) is 11.1 Å². The molecule has 2 aromatic rings. The number of nitrogens with zero attached hydrogens (tertiary/aromatic N) is 1. The summed E-state index contributed by atoms with van der Waals surface area (Å²) < 4.78 is 5.66. The molecule has 0 saturated carbocycles. The van der Waals surface area contributed by atoms with Crippen molar-refractivity contribution in [3.8, 4) is 22.9 Å². The lowest BCUT2D eigenvalue weighted by molar-refractivity contribution is 0.242. The van der Waals surface area contributed by atoms with Gasteiger partial charge in [-0.1, -0.05) is 24.3 Å². The number of aryl methyl sites for hydroxylation is 1. The van der Waals surface area contributed by atoms with Crippen molar-refractivity contribution < 1.29 is 4.74 Å². The van der Waals surface area contributed by atoms with Crippen LogP contribution in [0.4, 0.5) is 0 Å². The molecular weight excluding hydrogens is 246 g/mol. The van der Waals surface area contributed by atoms with E-state index in [1.807, 2.05) is 38.1 Å². The molecule has 0 amide bonds. The van der Waals surface area contributed by atoms with Crippen molar-refractivity contribution in [2.24, 2.45) is 0 Å². The maximum absolute atomic E-state index is 9.30. The highest BCUT2D eigenvalue weighted by atomic mass is 16.5. The van der Waals surface area contributed by atoms with Crippen LogP contribution in [0.25, 0.3) is 11.1 Å². The van der Waals surface area contributed by atoms with E-state index < -0.39 is 0 Å². The number of ether oxygens (including phenoxy) is 1. The van der Waals surface area contributed by atoms with Gasteiger partial charge in [0.25, 0.3) is 0 Å². The Hall–Kier alpha value is -2.27. The highest BCUT2D eigenvalue weighted by Crippen LogP contribution is 2.30. The Labute approximate surface area is 120 Å². The molecule has 0 fully saturated rings. The molecular formula is C18H19NO. The van der Waals surface area contributed by atoms with Crippen LogP contribution in [0.1, 0.15) is 30.5 Å². The molecule has 0 spiro atoms. The van der Waals surface area contributed by atoms with E-state index in [2.05, 4.69) is 32.0 Å². The van der Waals surface area contributed by atoms with Crippen LogP contribution >= 0.6 is 0 Å². The minimum atomic E-state index is 0.0636. The van der Waals surface area contributed by atoms with E-state index in [0.717, 1.165) is 11.1 Å². The van der Waals surface area contributed by atoms with Crippen molar-refractivity contribution in [2.45, 2.75) is 33.8 Å². The summed E-state index contributed by atoms with van der Waals surface area (Å²) in [5.41, 5.74) is 5.30. The molecule has 0 unspecified atom stereocenters. The molecule has 0 saturated heterocycles. The number of rotatable bonds is 3. The standard InChI is InChI=1S/C18H19NO/c1-12(2)20-18-9-8-15(10-16(18)11-19)17-7-5-6-13(3)14(17)4/h5-10,12H,1-4H3. The minimum absolute atomic E-state index is 0.0636. The first kappa shape index (κ1) is 14.1. The lowest BCUT2D eigenvalue weighted by Gasteiger charge is -2.13. The topological polar surface area (TPSA) is 33.0 Å². The summed E-state index contributed by atoms with van der Waals surface area (Å²) in [6.45, 7) is 8.12. The van der Waals surface area contributed by atoms with Crippen molar-refractivity contribution in [1.82, 2.24) is 0 Å². The Morgan fingerprint density at radius 1 is 1.10 bits per heavy atom. The second-order valence-corrected chi connectivity index (χ2v) is 5.24. The van der Waals surface area contributed by atoms with Gasteiger partial charge in [-0.05, 0) is 62.1 Å². The molecule has 0 aromatic heterocycles. The monoisotopic (exact) mass is 265 g/mol. The van der Waals surface area contributed by atoms with Gasteiger partial charge in [0.15, 0.2) is 0 Å². The Morgan fingerprint density at radius 2 is 1.85 bits per heavy atom. The molecule has 0 heterocycles. The smallest absolute Gasteiger partial charge is 0.137 e. The highest BCUT2D eigenvalue weighted by Gasteiger charge is 2.09. The molecule has 0 bridgehead atoms. The van der Waals surface area contributed by atoms with Crippen molar-refractivity contribution in [2.75, 3.05) is 0 Å². The zero-order valence-electron chi connectivity index (χ0n) is 12.4. The van der Waals surface area contributed by atoms with Gasteiger partial charge in [-0.15, -0.1) is 0 Å². The van der Waals surface area contributed by atoms with Crippen LogP contribution in [0.5, 0.6) is 5.75 Å². The van der Waals surface area contributed by atoms with Crippen molar-refractivity contribution in [3.63, 3.8) is 0 Å². The van der Waals surface area contributed by atoms with Crippen LogP contribution in [0.3, 0.4) is 0 Å². The predicted octanol–water partition coefficient (Wildman–Crippen LogP) is 4.63. The summed E-state index contributed by atoms with van der Waals surface area (Å²) in [7, 11) is 0. The van der Waals surface area contributed by atoms with Crippen LogP contribution in [-0.2, 0) is 0 Å². The molecule has 20 heavy (non-hydrogen) atoms. The van der Waals surface area contributed by atoms with Crippen LogP contribution in [0, 0.1) is 25.2 Å². The summed E-state index contributed by atoms with van der Waals surface area (Å²) >= 11 is 0. The highest BCUT2D eigenvalue weighted by molar-refractivity contribution is 5.71. The first-order valence-corrected chi connectivity index (χ1v) is 6.80. The van der Waals surface area contributed by atoms with Gasteiger partial charge in [0.1, 0.15) is 11.8 Å². The molecule has 2 heteroatoms. The fourth-order valence-corrected chi connectivity index (χ4v) is 2.21. The third-order valence-electron chi connectivity index (χ3n) is 3.38. The lowest BCUT2D eigenvalue weighted by Crippen LogP contribution is -2.06.